The number of nitrogen functional groups attached to an aromatic ring is 1. The normalized spacial score (nSPS) is 11.0. The fourth-order valence-corrected chi connectivity index (χ4v) is 2.91. The van der Waals surface area contributed by atoms with Crippen LogP contribution in [0.2, 0.25) is 0 Å². The first kappa shape index (κ1) is 14.5. The monoisotopic (exact) mass is 383 g/mol. The standard InChI is InChI=1S/C14H15Br2N3/c1-8(2)13-12(16)14(17)19-11(18-13)7-9-4-3-5-10(15)6-9/h3-6,8H,7H2,1-2H3,(H2,17,18,19). The number of halogens is 2. The van der Waals surface area contributed by atoms with Crippen LogP contribution in [-0.2, 0) is 6.42 Å². The molecule has 0 aliphatic rings. The maximum atomic E-state index is 5.94. The van der Waals surface area contributed by atoms with Crippen LogP contribution in [0.4, 0.5) is 5.82 Å². The van der Waals surface area contributed by atoms with Gasteiger partial charge in [0.2, 0.25) is 0 Å². The van der Waals surface area contributed by atoms with Crippen LogP contribution in [0.3, 0.4) is 0 Å². The van der Waals surface area contributed by atoms with Crippen LogP contribution in [0.5, 0.6) is 0 Å². The van der Waals surface area contributed by atoms with Gasteiger partial charge in [-0.3, -0.25) is 0 Å². The van der Waals surface area contributed by atoms with Crippen molar-refractivity contribution in [2.75, 3.05) is 5.73 Å². The van der Waals surface area contributed by atoms with Crippen molar-refractivity contribution in [3.05, 3.63) is 50.3 Å². The molecule has 0 unspecified atom stereocenters. The van der Waals surface area contributed by atoms with Gasteiger partial charge in [-0.25, -0.2) is 9.97 Å². The number of benzene rings is 1. The van der Waals surface area contributed by atoms with Crippen molar-refractivity contribution in [2.45, 2.75) is 26.2 Å². The van der Waals surface area contributed by atoms with Crippen molar-refractivity contribution in [1.82, 2.24) is 9.97 Å². The molecule has 1 heterocycles. The van der Waals surface area contributed by atoms with Crippen LogP contribution >= 0.6 is 31.9 Å². The second-order valence-electron chi connectivity index (χ2n) is 4.69. The maximum Gasteiger partial charge on any atom is 0.141 e. The molecule has 1 aromatic heterocycles. The number of hydrogen-bond donors (Lipinski definition) is 1. The molecule has 0 saturated heterocycles. The second kappa shape index (κ2) is 6.01. The van der Waals surface area contributed by atoms with Gasteiger partial charge >= 0.3 is 0 Å². The Morgan fingerprint density at radius 2 is 1.95 bits per heavy atom. The third kappa shape index (κ3) is 3.54. The molecule has 19 heavy (non-hydrogen) atoms. The molecule has 0 saturated carbocycles. The van der Waals surface area contributed by atoms with Crippen LogP contribution in [0.25, 0.3) is 0 Å². The molecule has 2 rings (SSSR count). The van der Waals surface area contributed by atoms with Crippen molar-refractivity contribution in [3.8, 4) is 0 Å². The Morgan fingerprint density at radius 1 is 1.21 bits per heavy atom. The summed E-state index contributed by atoms with van der Waals surface area (Å²) in [5, 5.41) is 0. The van der Waals surface area contributed by atoms with E-state index >= 15 is 0 Å². The summed E-state index contributed by atoms with van der Waals surface area (Å²) in [5.74, 6) is 1.56. The van der Waals surface area contributed by atoms with Crippen LogP contribution in [0.1, 0.15) is 36.8 Å². The largest absolute Gasteiger partial charge is 0.383 e. The predicted molar refractivity (Wildman–Crippen MR) is 85.2 cm³/mol. The number of anilines is 1. The Bertz CT molecular complexity index is 597. The zero-order valence-corrected chi connectivity index (χ0v) is 14.0. The lowest BCUT2D eigenvalue weighted by atomic mass is 10.1. The zero-order valence-electron chi connectivity index (χ0n) is 10.8. The molecule has 100 valence electrons. The molecule has 0 fully saturated rings. The Hall–Kier alpha value is -0.940. The van der Waals surface area contributed by atoms with E-state index in [9.17, 15) is 0 Å². The smallest absolute Gasteiger partial charge is 0.141 e. The van der Waals surface area contributed by atoms with Gasteiger partial charge in [0.05, 0.1) is 10.2 Å². The third-order valence-electron chi connectivity index (χ3n) is 2.75. The lowest BCUT2D eigenvalue weighted by Gasteiger charge is -2.11. The summed E-state index contributed by atoms with van der Waals surface area (Å²) < 4.78 is 1.86. The molecule has 0 atom stereocenters. The van der Waals surface area contributed by atoms with Crippen LogP contribution < -0.4 is 5.73 Å². The first-order valence-electron chi connectivity index (χ1n) is 6.03. The van der Waals surface area contributed by atoms with Crippen LogP contribution in [-0.4, -0.2) is 9.97 Å². The minimum atomic E-state index is 0.306. The fourth-order valence-electron chi connectivity index (χ4n) is 1.82. The molecule has 5 heteroatoms. The second-order valence-corrected chi connectivity index (χ2v) is 6.39. The van der Waals surface area contributed by atoms with E-state index in [2.05, 4.69) is 67.8 Å². The quantitative estimate of drug-likeness (QED) is 0.858. The van der Waals surface area contributed by atoms with Crippen molar-refractivity contribution >= 4 is 37.7 Å². The maximum absolute atomic E-state index is 5.94. The van der Waals surface area contributed by atoms with Crippen molar-refractivity contribution in [2.24, 2.45) is 0 Å². The molecule has 0 amide bonds. The molecular formula is C14H15Br2N3. The topological polar surface area (TPSA) is 51.8 Å². The van der Waals surface area contributed by atoms with Crippen molar-refractivity contribution in [1.29, 1.82) is 0 Å². The van der Waals surface area contributed by atoms with Crippen molar-refractivity contribution in [3.63, 3.8) is 0 Å². The zero-order chi connectivity index (χ0) is 14.0. The van der Waals surface area contributed by atoms with E-state index in [1.165, 1.54) is 0 Å². The summed E-state index contributed by atoms with van der Waals surface area (Å²) in [5.41, 5.74) is 8.05. The third-order valence-corrected chi connectivity index (χ3v) is 4.05. The first-order valence-corrected chi connectivity index (χ1v) is 7.62. The van der Waals surface area contributed by atoms with Gasteiger partial charge in [-0.05, 0) is 39.5 Å². The Kier molecular flexibility index (Phi) is 4.58. The molecule has 1 aromatic carbocycles. The molecule has 2 aromatic rings. The lowest BCUT2D eigenvalue weighted by Crippen LogP contribution is -2.07. The highest BCUT2D eigenvalue weighted by molar-refractivity contribution is 9.10. The molecule has 0 bridgehead atoms. The van der Waals surface area contributed by atoms with Gasteiger partial charge in [0.15, 0.2) is 0 Å². The van der Waals surface area contributed by atoms with E-state index in [-0.39, 0.29) is 0 Å². The average Bonchev–Trinajstić information content (AvgIpc) is 2.33. The number of nitrogens with zero attached hydrogens (tertiary/aromatic N) is 2. The van der Waals surface area contributed by atoms with E-state index < -0.39 is 0 Å². The summed E-state index contributed by atoms with van der Waals surface area (Å²) in [6.45, 7) is 4.19. The van der Waals surface area contributed by atoms with Gasteiger partial charge in [-0.15, -0.1) is 0 Å². The van der Waals surface area contributed by atoms with Crippen molar-refractivity contribution < 1.29 is 0 Å². The van der Waals surface area contributed by atoms with E-state index in [0.717, 1.165) is 26.0 Å². The number of nitrogens with two attached hydrogens (primary N) is 1. The van der Waals surface area contributed by atoms with Gasteiger partial charge in [0, 0.05) is 10.9 Å². The minimum absolute atomic E-state index is 0.306. The van der Waals surface area contributed by atoms with E-state index in [1.54, 1.807) is 0 Å². The molecule has 0 radical (unpaired) electrons. The van der Waals surface area contributed by atoms with Crippen LogP contribution in [0.15, 0.2) is 33.2 Å². The predicted octanol–water partition coefficient (Wildman–Crippen LogP) is 4.30. The molecular weight excluding hydrogens is 370 g/mol. The number of rotatable bonds is 3. The lowest BCUT2D eigenvalue weighted by molar-refractivity contribution is 0.786. The van der Waals surface area contributed by atoms with Gasteiger partial charge < -0.3 is 5.73 Å². The first-order chi connectivity index (χ1) is 8.97. The van der Waals surface area contributed by atoms with E-state index in [0.29, 0.717) is 18.2 Å². The molecule has 3 nitrogen and oxygen atoms in total. The Morgan fingerprint density at radius 3 is 2.58 bits per heavy atom. The van der Waals surface area contributed by atoms with Gasteiger partial charge in [0.25, 0.3) is 0 Å². The highest BCUT2D eigenvalue weighted by Crippen LogP contribution is 2.27. The highest BCUT2D eigenvalue weighted by Gasteiger charge is 2.13. The van der Waals surface area contributed by atoms with Gasteiger partial charge in [-0.2, -0.15) is 0 Å². The molecule has 2 N–H and O–H groups in total. The van der Waals surface area contributed by atoms with Gasteiger partial charge in [0.1, 0.15) is 11.6 Å². The summed E-state index contributed by atoms with van der Waals surface area (Å²) in [6, 6.07) is 8.13. The SMILES string of the molecule is CC(C)c1nc(Cc2cccc(Br)c2)nc(N)c1Br. The Labute approximate surface area is 129 Å². The fraction of sp³-hybridized carbons (Fsp3) is 0.286. The summed E-state index contributed by atoms with van der Waals surface area (Å²) in [6.07, 6.45) is 0.677. The summed E-state index contributed by atoms with van der Waals surface area (Å²) in [7, 11) is 0. The van der Waals surface area contributed by atoms with Gasteiger partial charge in [-0.1, -0.05) is 41.9 Å². The Balaban J connectivity index is 2.36. The minimum Gasteiger partial charge on any atom is -0.383 e. The number of aromatic nitrogens is 2. The molecule has 0 aliphatic carbocycles. The van der Waals surface area contributed by atoms with E-state index in [4.69, 9.17) is 5.73 Å². The summed E-state index contributed by atoms with van der Waals surface area (Å²) >= 11 is 6.92. The number of hydrogen-bond acceptors (Lipinski definition) is 3. The average molecular weight is 385 g/mol. The highest BCUT2D eigenvalue weighted by atomic mass is 79.9. The van der Waals surface area contributed by atoms with Crippen LogP contribution in [0, 0.1) is 0 Å². The molecule has 0 aliphatic heterocycles. The molecule has 0 spiro atoms. The summed E-state index contributed by atoms with van der Waals surface area (Å²) in [4.78, 5) is 8.95. The van der Waals surface area contributed by atoms with E-state index in [1.807, 2.05) is 12.1 Å².